The topological polar surface area (TPSA) is 49.5 Å². The average Bonchev–Trinajstić information content (AvgIpc) is 2.02. The summed E-state index contributed by atoms with van der Waals surface area (Å²) in [5.41, 5.74) is 5.55. The Bertz CT molecular complexity index is 102. The third-order valence-corrected chi connectivity index (χ3v) is 2.13. The van der Waals surface area contributed by atoms with E-state index in [1.807, 2.05) is 18.5 Å². The molecule has 68 valence electrons. The maximum Gasteiger partial charge on any atom is 0.0821 e. The molecule has 11 heavy (non-hydrogen) atoms. The van der Waals surface area contributed by atoms with Crippen molar-refractivity contribution in [3.63, 3.8) is 0 Å². The minimum absolute atomic E-state index is 0.0122. The van der Waals surface area contributed by atoms with Crippen LogP contribution in [0, 0.1) is 0 Å². The van der Waals surface area contributed by atoms with Gasteiger partial charge in [0, 0.05) is 19.1 Å². The van der Waals surface area contributed by atoms with Gasteiger partial charge in [-0.3, -0.25) is 4.67 Å². The van der Waals surface area contributed by atoms with E-state index in [1.54, 1.807) is 0 Å². The molecule has 3 N–H and O–H groups in total. The molecule has 1 rings (SSSR count). The number of nitrogens with two attached hydrogens (primary N) is 1. The number of hydrogen-bond acceptors (Lipinski definition) is 3. The fourth-order valence-corrected chi connectivity index (χ4v) is 1.34. The third kappa shape index (κ3) is 4.02. The second-order valence-electron chi connectivity index (χ2n) is 2.51. The summed E-state index contributed by atoms with van der Waals surface area (Å²) >= 11 is 0. The zero-order valence-corrected chi connectivity index (χ0v) is 8.48. The Hall–Kier alpha value is 0.310. The molecule has 0 amide bonds. The lowest BCUT2D eigenvalue weighted by Crippen LogP contribution is -2.47. The van der Waals surface area contributed by atoms with Crippen molar-refractivity contribution >= 4 is 9.39 Å². The monoisotopic (exact) mass is 178 g/mol. The number of nitrogens with zero attached hydrogens (tertiary/aromatic N) is 1. The van der Waals surface area contributed by atoms with Gasteiger partial charge in [-0.05, 0) is 6.42 Å². The second-order valence-corrected chi connectivity index (χ2v) is 3.25. The van der Waals surface area contributed by atoms with E-state index >= 15 is 0 Å². The van der Waals surface area contributed by atoms with E-state index in [0.717, 1.165) is 13.0 Å². The molecule has 0 aromatic heterocycles. The molecular formula is C7H19N2OP. The van der Waals surface area contributed by atoms with Crippen LogP contribution in [-0.2, 0) is 0 Å². The normalized spacial score (nSPS) is 32.5. The van der Waals surface area contributed by atoms with Crippen molar-refractivity contribution in [2.75, 3.05) is 13.1 Å². The number of β-amino-alcohol motifs (C(OH)–C–C–N with tert-alkyl or cyclic N) is 1. The van der Waals surface area contributed by atoms with Crippen LogP contribution in [0.1, 0.15) is 20.3 Å². The lowest BCUT2D eigenvalue weighted by Gasteiger charge is -2.30. The Labute approximate surface area is 71.2 Å². The molecule has 1 aliphatic heterocycles. The Morgan fingerprint density at radius 3 is 2.45 bits per heavy atom. The molecule has 1 saturated heterocycles. The van der Waals surface area contributed by atoms with Crippen molar-refractivity contribution in [1.82, 2.24) is 4.67 Å². The van der Waals surface area contributed by atoms with E-state index in [9.17, 15) is 0 Å². The minimum Gasteiger partial charge on any atom is -0.390 e. The molecule has 3 unspecified atom stereocenters. The Morgan fingerprint density at radius 1 is 1.55 bits per heavy atom. The average molecular weight is 178 g/mol. The molecule has 1 fully saturated rings. The van der Waals surface area contributed by atoms with Crippen LogP contribution in [0.5, 0.6) is 0 Å². The van der Waals surface area contributed by atoms with Crippen molar-refractivity contribution < 1.29 is 5.11 Å². The third-order valence-electron chi connectivity index (χ3n) is 1.67. The van der Waals surface area contributed by atoms with Gasteiger partial charge in [0.05, 0.1) is 6.10 Å². The van der Waals surface area contributed by atoms with Gasteiger partial charge in [-0.2, -0.15) is 0 Å². The molecule has 0 spiro atoms. The summed E-state index contributed by atoms with van der Waals surface area (Å²) < 4.78 is 2.01. The summed E-state index contributed by atoms with van der Waals surface area (Å²) in [6.45, 7) is 5.66. The van der Waals surface area contributed by atoms with Gasteiger partial charge in [0.2, 0.25) is 0 Å². The fourth-order valence-electron chi connectivity index (χ4n) is 0.974. The number of rotatable bonds is 0. The largest absolute Gasteiger partial charge is 0.390 e. The van der Waals surface area contributed by atoms with Gasteiger partial charge in [-0.1, -0.05) is 23.2 Å². The Kier molecular flexibility index (Phi) is 6.06. The highest BCUT2D eigenvalue weighted by Gasteiger charge is 2.21. The molecule has 3 atom stereocenters. The van der Waals surface area contributed by atoms with Gasteiger partial charge in [0.15, 0.2) is 0 Å². The van der Waals surface area contributed by atoms with Crippen LogP contribution < -0.4 is 5.73 Å². The van der Waals surface area contributed by atoms with E-state index < -0.39 is 0 Å². The molecule has 0 saturated carbocycles. The van der Waals surface area contributed by atoms with Crippen LogP contribution >= 0.6 is 9.39 Å². The van der Waals surface area contributed by atoms with Gasteiger partial charge in [-0.25, -0.2) is 0 Å². The number of hydrogen-bond donors (Lipinski definition) is 2. The molecular weight excluding hydrogens is 159 g/mol. The fraction of sp³-hybridized carbons (Fsp3) is 1.00. The highest BCUT2D eigenvalue weighted by molar-refractivity contribution is 7.13. The highest BCUT2D eigenvalue weighted by Crippen LogP contribution is 2.11. The molecule has 1 aliphatic rings. The zero-order valence-electron chi connectivity index (χ0n) is 7.33. The molecule has 0 aromatic carbocycles. The lowest BCUT2D eigenvalue weighted by molar-refractivity contribution is 0.0915. The van der Waals surface area contributed by atoms with Crippen LogP contribution in [0.25, 0.3) is 0 Å². The maximum absolute atomic E-state index is 9.17. The zero-order chi connectivity index (χ0) is 8.85. The van der Waals surface area contributed by atoms with Gasteiger partial charge in [0.1, 0.15) is 0 Å². The number of piperidine rings is 1. The van der Waals surface area contributed by atoms with Gasteiger partial charge in [0.25, 0.3) is 0 Å². The summed E-state index contributed by atoms with van der Waals surface area (Å²) in [5, 5.41) is 9.17. The molecule has 0 bridgehead atoms. The molecule has 4 heteroatoms. The van der Waals surface area contributed by atoms with Gasteiger partial charge in [-0.15, -0.1) is 0 Å². The smallest absolute Gasteiger partial charge is 0.0821 e. The lowest BCUT2D eigenvalue weighted by atomic mass is 10.1. The van der Waals surface area contributed by atoms with E-state index in [2.05, 4.69) is 9.39 Å². The highest BCUT2D eigenvalue weighted by atomic mass is 31.0. The van der Waals surface area contributed by atoms with E-state index in [0.29, 0.717) is 6.54 Å². The van der Waals surface area contributed by atoms with Gasteiger partial charge < -0.3 is 10.8 Å². The summed E-state index contributed by atoms with van der Waals surface area (Å²) in [7, 11) is 2.56. The van der Waals surface area contributed by atoms with E-state index in [-0.39, 0.29) is 12.1 Å². The Balaban J connectivity index is 0.000000461. The van der Waals surface area contributed by atoms with E-state index in [1.165, 1.54) is 0 Å². The SMILES string of the molecule is CC.NC1CCN(P)CC1O. The van der Waals surface area contributed by atoms with Crippen molar-refractivity contribution in [3.05, 3.63) is 0 Å². The summed E-state index contributed by atoms with van der Waals surface area (Å²) in [4.78, 5) is 0. The van der Waals surface area contributed by atoms with Crippen LogP contribution in [0.4, 0.5) is 0 Å². The summed E-state index contributed by atoms with van der Waals surface area (Å²) in [6, 6.07) is -0.0122. The van der Waals surface area contributed by atoms with Crippen molar-refractivity contribution in [3.8, 4) is 0 Å². The molecule has 1 heterocycles. The Morgan fingerprint density at radius 2 is 2.09 bits per heavy atom. The quantitative estimate of drug-likeness (QED) is 0.521. The van der Waals surface area contributed by atoms with Crippen LogP contribution in [0.15, 0.2) is 0 Å². The van der Waals surface area contributed by atoms with Crippen molar-refractivity contribution in [2.45, 2.75) is 32.4 Å². The molecule has 0 radical (unpaired) electrons. The number of aliphatic hydroxyl groups excluding tert-OH is 1. The van der Waals surface area contributed by atoms with Crippen molar-refractivity contribution in [1.29, 1.82) is 0 Å². The summed E-state index contributed by atoms with van der Waals surface area (Å²) in [6.07, 6.45) is 0.557. The van der Waals surface area contributed by atoms with E-state index in [4.69, 9.17) is 10.8 Å². The van der Waals surface area contributed by atoms with Crippen LogP contribution in [-0.4, -0.2) is 35.0 Å². The van der Waals surface area contributed by atoms with Crippen LogP contribution in [0.2, 0.25) is 0 Å². The number of aliphatic hydroxyl groups is 1. The first-order valence-electron chi connectivity index (χ1n) is 4.13. The van der Waals surface area contributed by atoms with Crippen LogP contribution in [0.3, 0.4) is 0 Å². The molecule has 0 aliphatic carbocycles. The standard InChI is InChI=1S/C5H13N2OP.C2H6/c6-4-1-2-7(9)3-5(4)8;1-2/h4-5,8H,1-3,6,9H2;1-2H3. The first kappa shape index (κ1) is 11.3. The first-order chi connectivity index (χ1) is 5.20. The van der Waals surface area contributed by atoms with Crippen molar-refractivity contribution in [2.24, 2.45) is 5.73 Å². The predicted octanol–water partition coefficient (Wildman–Crippen LogP) is 0.197. The summed E-state index contributed by atoms with van der Waals surface area (Å²) in [5.74, 6) is 0. The first-order valence-corrected chi connectivity index (χ1v) is 4.65. The molecule has 3 nitrogen and oxygen atoms in total. The minimum atomic E-state index is -0.337. The predicted molar refractivity (Wildman–Crippen MR) is 51.2 cm³/mol. The van der Waals surface area contributed by atoms with Gasteiger partial charge >= 0.3 is 0 Å². The molecule has 0 aromatic rings. The second kappa shape index (κ2) is 5.90. The maximum atomic E-state index is 9.17.